The van der Waals surface area contributed by atoms with Crippen molar-refractivity contribution < 1.29 is 348 Å². The van der Waals surface area contributed by atoms with Crippen molar-refractivity contribution in [2.24, 2.45) is 111 Å². The van der Waals surface area contributed by atoms with Crippen LogP contribution in [-0.2, 0) is 144 Å². The average molecular weight is 1740 g/mol. The van der Waals surface area contributed by atoms with Gasteiger partial charge in [-0.15, -0.1) is 0 Å². The summed E-state index contributed by atoms with van der Waals surface area (Å²) >= 11 is 0. The third-order valence-electron chi connectivity index (χ3n) is 30.7. The van der Waals surface area contributed by atoms with E-state index in [4.69, 9.17) is 57.5 Å². The molecule has 0 aliphatic heterocycles. The molecule has 32 nitrogen and oxygen atoms in total. The Balaban J connectivity index is -0.000000309. The van der Waals surface area contributed by atoms with Gasteiger partial charge in [-0.2, -0.15) is 94.0 Å². The number of ketones is 16. The molecule has 0 aromatic rings. The second kappa shape index (κ2) is 47.8. The Morgan fingerprint density at radius 1 is 0.290 bits per heavy atom. The number of hydrogen-bond acceptors (Lipinski definition) is 32. The Kier molecular flexibility index (Phi) is 50.3. The maximum atomic E-state index is 11.6. The molecule has 0 N–H and O–H groups in total. The van der Waals surface area contributed by atoms with Crippen molar-refractivity contribution in [3.8, 4) is 0 Å². The first-order chi connectivity index (χ1) is 52.9. The smallest absolute Gasteiger partial charge is 0.550 e. The molecule has 16 aliphatic carbocycles. The summed E-state index contributed by atoms with van der Waals surface area (Å²) in [7, 11) is 0. The topological polar surface area (TPSA) is 558 Å². The molecule has 0 saturated heterocycles. The second-order valence-electron chi connectivity index (χ2n) is 36.2. The molecule has 40 heteroatoms. The number of carboxylic acid groups (broad SMARTS) is 2. The predicted octanol–water partition coefficient (Wildman–Crippen LogP) is -20.7. The molecule has 14 atom stereocenters. The maximum absolute atomic E-state index is 11.6. The normalized spacial score (nSPS) is 32.6. The van der Waals surface area contributed by atoms with Gasteiger partial charge in [-0.3, -0.25) is 38.4 Å². The van der Waals surface area contributed by atoms with E-state index in [2.05, 4.69) is 0 Å². The number of carbonyl (C=O) groups excluding carboxylic acids is 30. The van der Waals surface area contributed by atoms with Crippen molar-refractivity contribution in [1.29, 1.82) is 0 Å². The molecule has 632 valence electrons. The van der Waals surface area contributed by atoms with E-state index in [0.717, 1.165) is 87.9 Å². The van der Waals surface area contributed by atoms with Gasteiger partial charge in [-0.05, 0) is 47.3 Å². The molecule has 0 aromatic carbocycles. The molecule has 16 aliphatic rings. The van der Waals surface area contributed by atoms with Gasteiger partial charge in [0, 0.05) is 67.8 Å². The van der Waals surface area contributed by atoms with Crippen molar-refractivity contribution in [2.45, 2.75) is 228 Å². The number of aliphatic carboxylic acids is 2. The Morgan fingerprint density at radius 2 is 0.516 bits per heavy atom. The first-order valence-corrected chi connectivity index (χ1v) is 37.1. The summed E-state index contributed by atoms with van der Waals surface area (Å²) in [6.45, 7) is 37.9. The van der Waals surface area contributed by atoms with Crippen LogP contribution in [0.4, 0.5) is 0 Å². The fourth-order valence-electron chi connectivity index (χ4n) is 20.5. The van der Waals surface area contributed by atoms with Crippen molar-refractivity contribution in [3.05, 3.63) is 36.5 Å². The minimum absolute atomic E-state index is 0. The third kappa shape index (κ3) is 21.1. The SMILES string of the molecule is CC1(C)[C-]2CCC1C(=O)C2=O.CC1(C)[C-]2CCC1C(=O)C2=O.CC12CCC(C(=O)C1=O)C2(C)C(=O)[O-].CC12CCC(C(=O)C1=O)C2(C)C(=O)[O-].CC12CC[C-](C(=O)C1=O)C2(C)C.CC12CC[C-](C(=O)C1=O)C2(C)C.CC12C[CH-]C(C(=O)C1=O)C2(C)C.CC12C[CH-]C(C(=O)C1=O)C2(C)C.O=C=O.O=C=O.O=C=O.O=C=O.O=C=O.O=C=O.[Li+].[Li+].[Li+].[Li+].[Na+].[Na+].[Na+].[Na+]. The second-order valence-corrected chi connectivity index (χ2v) is 36.2. The van der Waals surface area contributed by atoms with Gasteiger partial charge < -0.3 is 71.0 Å². The summed E-state index contributed by atoms with van der Waals surface area (Å²) in [4.78, 5) is 302. The zero-order valence-corrected chi connectivity index (χ0v) is 84.6. The number of carboxylic acids is 2. The standard InChI is InChI=1S/2C10H12O4.4C10H13O2.2C9H11O2.6CO2.4Li.4Na/c2*1-9-4-3-5(6(11)7(9)12)10(9,2)8(13)14;4*1-9(2)6-4-5-10(9,3)8(12)7(6)11;2*1-9(2)5-3-4-6(9)8(11)7(5)10;6*2-1-3;;;;;;;;/h2*5H,3-4H2,1-2H3,(H,13,14);2*4-5H2,1-3H3;2*4,6H,5H2,1-3H3;2*5H,3-4H2,1-2H3;;;;;;;;;;;;;;/q;;6*-1;;;;;;;8*+1/p-2. The van der Waals surface area contributed by atoms with E-state index in [1.54, 1.807) is 13.8 Å². The van der Waals surface area contributed by atoms with E-state index in [1.807, 2.05) is 124 Å². The Hall–Kier alpha value is -4.19. The van der Waals surface area contributed by atoms with Crippen LogP contribution in [0.25, 0.3) is 0 Å². The van der Waals surface area contributed by atoms with Gasteiger partial charge in [0.2, 0.25) is 23.1 Å². The molecule has 16 bridgehead atoms. The van der Waals surface area contributed by atoms with Crippen LogP contribution in [-0.4, -0.2) is 141 Å². The van der Waals surface area contributed by atoms with Gasteiger partial charge >= 0.3 is 231 Å². The number of fused-ring (bicyclic) bond motifs is 16. The van der Waals surface area contributed by atoms with Crippen molar-refractivity contribution in [1.82, 2.24) is 0 Å². The van der Waals surface area contributed by atoms with Gasteiger partial charge in [0.25, 0.3) is 0 Å². The van der Waals surface area contributed by atoms with E-state index >= 15 is 0 Å². The number of rotatable bonds is 2. The van der Waals surface area contributed by atoms with Crippen molar-refractivity contribution in [2.75, 3.05) is 0 Å². The van der Waals surface area contributed by atoms with E-state index in [0.29, 0.717) is 25.7 Å². The first-order valence-electron chi connectivity index (χ1n) is 37.1. The van der Waals surface area contributed by atoms with Crippen LogP contribution >= 0.6 is 0 Å². The minimum Gasteiger partial charge on any atom is -0.550 e. The van der Waals surface area contributed by atoms with Crippen molar-refractivity contribution >= 4 is 141 Å². The van der Waals surface area contributed by atoms with Crippen molar-refractivity contribution in [3.63, 3.8) is 0 Å². The van der Waals surface area contributed by atoms with E-state index in [9.17, 15) is 96.5 Å². The summed E-state index contributed by atoms with van der Waals surface area (Å²) in [5.41, 5.74) is -7.14. The predicted molar refractivity (Wildman–Crippen MR) is 375 cm³/mol. The van der Waals surface area contributed by atoms with E-state index in [1.165, 1.54) is 13.8 Å². The number of carbonyl (C=O) groups is 18. The molecule has 124 heavy (non-hydrogen) atoms. The molecule has 16 fully saturated rings. The molecule has 0 amide bonds. The van der Waals surface area contributed by atoms with Gasteiger partial charge in [0.05, 0.1) is 34.7 Å². The average Bonchev–Trinajstić information content (AvgIpc) is 1.53. The molecule has 0 spiro atoms. The summed E-state index contributed by atoms with van der Waals surface area (Å²) in [5, 5.41) is 22.1. The fourth-order valence-corrected chi connectivity index (χ4v) is 20.5. The van der Waals surface area contributed by atoms with Gasteiger partial charge in [-0.1, -0.05) is 235 Å². The Labute approximate surface area is 855 Å². The number of Topliss-reactive ketones (excluding diaryl/α,β-unsaturated/α-hetero) is 16. The Bertz CT molecular complexity index is 3940. The molecular formula is C84H96Li4Na4O32. The summed E-state index contributed by atoms with van der Waals surface area (Å²) in [6, 6.07) is 0. The summed E-state index contributed by atoms with van der Waals surface area (Å²) < 4.78 is 0. The van der Waals surface area contributed by atoms with Crippen LogP contribution in [0.1, 0.15) is 228 Å². The minimum atomic E-state index is -1.29. The quantitative estimate of drug-likeness (QED) is 0.141. The van der Waals surface area contributed by atoms with Crippen LogP contribution < -0.4 is 204 Å². The van der Waals surface area contributed by atoms with Crippen LogP contribution in [0.2, 0.25) is 0 Å². The van der Waals surface area contributed by atoms with Gasteiger partial charge in [0.1, 0.15) is 0 Å². The van der Waals surface area contributed by atoms with Crippen LogP contribution in [0, 0.1) is 148 Å². The Morgan fingerprint density at radius 3 is 0.621 bits per heavy atom. The molecule has 0 radical (unpaired) electrons. The fraction of sp³-hybridized carbons (Fsp3) is 0.643. The molecule has 16 saturated carbocycles. The zero-order chi connectivity index (χ0) is 90.7. The van der Waals surface area contributed by atoms with E-state index in [-0.39, 0.29) is 367 Å². The van der Waals surface area contributed by atoms with Crippen LogP contribution in [0.5, 0.6) is 0 Å². The molecular weight excluding hydrogens is 1640 g/mol. The van der Waals surface area contributed by atoms with Crippen LogP contribution in [0.15, 0.2) is 0 Å². The number of hydrogen-bond donors (Lipinski definition) is 0. The maximum Gasteiger partial charge on any atom is 1.00 e. The molecule has 16 rings (SSSR count). The third-order valence-corrected chi connectivity index (χ3v) is 30.7. The first kappa shape index (κ1) is 131. The zero-order valence-electron chi connectivity index (χ0n) is 76.6. The summed E-state index contributed by atoms with van der Waals surface area (Å²) in [5.74, 6) is -4.78. The molecule has 0 aromatic heterocycles. The van der Waals surface area contributed by atoms with Gasteiger partial charge in [0.15, 0.2) is 23.1 Å². The summed E-state index contributed by atoms with van der Waals surface area (Å²) in [6.07, 6.45) is 15.9. The molecule has 0 heterocycles. The monoisotopic (exact) mass is 1740 g/mol. The van der Waals surface area contributed by atoms with Gasteiger partial charge in [-0.25, -0.2) is 0 Å². The molecule has 14 unspecified atom stereocenters. The largest absolute Gasteiger partial charge is 1.00 e. The van der Waals surface area contributed by atoms with E-state index < -0.39 is 79.4 Å². The van der Waals surface area contributed by atoms with Crippen LogP contribution in [0.3, 0.4) is 0 Å².